The highest BCUT2D eigenvalue weighted by Crippen LogP contribution is 2.27. The summed E-state index contributed by atoms with van der Waals surface area (Å²) < 4.78 is 44.3. The first-order valence-corrected chi connectivity index (χ1v) is 12.7. The van der Waals surface area contributed by atoms with Crippen molar-refractivity contribution in [3.63, 3.8) is 0 Å². The van der Waals surface area contributed by atoms with Crippen molar-refractivity contribution in [1.82, 2.24) is 4.57 Å². The van der Waals surface area contributed by atoms with Crippen molar-refractivity contribution < 1.29 is 17.6 Å². The molecule has 1 N–H and O–H groups in total. The van der Waals surface area contributed by atoms with Crippen LogP contribution in [-0.2, 0) is 14.8 Å². The largest absolute Gasteiger partial charge is 0.324 e. The van der Waals surface area contributed by atoms with Crippen molar-refractivity contribution in [3.05, 3.63) is 88.3 Å². The molecule has 0 bridgehead atoms. The molecular weight excluding hydrogens is 477 g/mol. The van der Waals surface area contributed by atoms with Gasteiger partial charge >= 0.3 is 4.87 Å². The summed E-state index contributed by atoms with van der Waals surface area (Å²) in [5.74, 6) is -1.42. The van der Waals surface area contributed by atoms with Gasteiger partial charge in [0.2, 0.25) is 5.91 Å². The zero-order valence-corrected chi connectivity index (χ0v) is 20.1. The predicted octanol–water partition coefficient (Wildman–Crippen LogP) is 4.62. The topological polar surface area (TPSA) is 88.5 Å². The van der Waals surface area contributed by atoms with Gasteiger partial charge in [0.25, 0.3) is 10.0 Å². The molecule has 3 aromatic carbocycles. The molecule has 0 spiro atoms. The average Bonchev–Trinajstić information content (AvgIpc) is 3.13. The lowest BCUT2D eigenvalue weighted by Crippen LogP contribution is -2.38. The highest BCUT2D eigenvalue weighted by Gasteiger charge is 2.29. The third-order valence-corrected chi connectivity index (χ3v) is 7.85. The van der Waals surface area contributed by atoms with Crippen molar-refractivity contribution in [2.45, 2.75) is 24.8 Å². The maximum atomic E-state index is 14.6. The molecule has 176 valence electrons. The highest BCUT2D eigenvalue weighted by atomic mass is 32.2. The van der Waals surface area contributed by atoms with Gasteiger partial charge in [0.05, 0.1) is 20.8 Å². The predicted molar refractivity (Wildman–Crippen MR) is 132 cm³/mol. The Morgan fingerprint density at radius 2 is 1.74 bits per heavy atom. The Balaban J connectivity index is 1.65. The molecule has 4 aromatic rings. The quantitative estimate of drug-likeness (QED) is 0.402. The number of nitrogens with one attached hydrogen (secondary N) is 1. The van der Waals surface area contributed by atoms with Crippen molar-refractivity contribution in [2.75, 3.05) is 16.2 Å². The molecule has 0 aliphatic rings. The zero-order valence-electron chi connectivity index (χ0n) is 18.4. The number of hydrogen-bond donors (Lipinski definition) is 1. The molecule has 34 heavy (non-hydrogen) atoms. The molecule has 0 saturated carbocycles. The maximum Gasteiger partial charge on any atom is 0.308 e. The molecular formula is C24H22FN3O4S2. The number of sulfonamides is 1. The van der Waals surface area contributed by atoms with Gasteiger partial charge in [-0.25, -0.2) is 12.8 Å². The standard InChI is InChI=1S/C24H22FN3O4S2/c1-16(2)28-21-13-12-17(14-22(21)33-24(28)30)26-23(29)15-27(20-11-7-6-10-19(20)25)34(31,32)18-8-4-3-5-9-18/h3-14,16H,15H2,1-2H3,(H,26,29). The van der Waals surface area contributed by atoms with E-state index in [1.54, 1.807) is 41.0 Å². The van der Waals surface area contributed by atoms with Crippen molar-refractivity contribution in [3.8, 4) is 0 Å². The summed E-state index contributed by atoms with van der Waals surface area (Å²) >= 11 is 1.06. The van der Waals surface area contributed by atoms with E-state index in [2.05, 4.69) is 5.32 Å². The third kappa shape index (κ3) is 4.59. The Hall–Kier alpha value is -3.50. The number of aromatic nitrogens is 1. The number of halogens is 1. The first kappa shape index (κ1) is 23.7. The van der Waals surface area contributed by atoms with Gasteiger partial charge in [0, 0.05) is 11.7 Å². The van der Waals surface area contributed by atoms with Crippen LogP contribution < -0.4 is 14.5 Å². The van der Waals surface area contributed by atoms with E-state index in [1.165, 1.54) is 30.3 Å². The van der Waals surface area contributed by atoms with E-state index in [0.29, 0.717) is 10.4 Å². The number of amides is 1. The molecule has 0 aliphatic heterocycles. The first-order chi connectivity index (χ1) is 16.2. The maximum absolute atomic E-state index is 14.6. The lowest BCUT2D eigenvalue weighted by molar-refractivity contribution is -0.114. The monoisotopic (exact) mass is 499 g/mol. The molecule has 0 saturated heterocycles. The van der Waals surface area contributed by atoms with Gasteiger partial charge in [0.1, 0.15) is 12.4 Å². The molecule has 0 unspecified atom stereocenters. The Kier molecular flexibility index (Phi) is 6.54. The number of hydrogen-bond acceptors (Lipinski definition) is 5. The molecule has 7 nitrogen and oxygen atoms in total. The van der Waals surface area contributed by atoms with Crippen LogP contribution in [0.5, 0.6) is 0 Å². The lowest BCUT2D eigenvalue weighted by Gasteiger charge is -2.24. The van der Waals surface area contributed by atoms with Gasteiger partial charge in [0.15, 0.2) is 0 Å². The van der Waals surface area contributed by atoms with E-state index in [9.17, 15) is 22.4 Å². The van der Waals surface area contributed by atoms with Gasteiger partial charge in [-0.05, 0) is 56.3 Å². The van der Waals surface area contributed by atoms with Gasteiger partial charge in [-0.1, -0.05) is 41.7 Å². The number of carbonyl (C=O) groups excluding carboxylic acids is 1. The summed E-state index contributed by atoms with van der Waals surface area (Å²) in [6.45, 7) is 3.18. The second-order valence-electron chi connectivity index (χ2n) is 7.84. The molecule has 0 aliphatic carbocycles. The van der Waals surface area contributed by atoms with E-state index in [1.807, 2.05) is 13.8 Å². The molecule has 1 aromatic heterocycles. The van der Waals surface area contributed by atoms with Gasteiger partial charge in [-0.15, -0.1) is 0 Å². The number of benzene rings is 3. The van der Waals surface area contributed by atoms with Crippen LogP contribution in [0.1, 0.15) is 19.9 Å². The molecule has 1 amide bonds. The molecule has 0 fully saturated rings. The van der Waals surface area contributed by atoms with Gasteiger partial charge < -0.3 is 5.32 Å². The number of rotatable bonds is 7. The summed E-state index contributed by atoms with van der Waals surface area (Å²) in [5, 5.41) is 2.66. The Labute approximate surface area is 200 Å². The Bertz CT molecular complexity index is 1510. The summed E-state index contributed by atoms with van der Waals surface area (Å²) in [7, 11) is -4.22. The summed E-state index contributed by atoms with van der Waals surface area (Å²) in [4.78, 5) is 25.0. The molecule has 10 heteroatoms. The van der Waals surface area contributed by atoms with Crippen LogP contribution in [0.3, 0.4) is 0 Å². The van der Waals surface area contributed by atoms with Crippen molar-refractivity contribution in [2.24, 2.45) is 0 Å². The number of carbonyl (C=O) groups is 1. The van der Waals surface area contributed by atoms with Crippen LogP contribution in [0.4, 0.5) is 15.8 Å². The fourth-order valence-electron chi connectivity index (χ4n) is 3.61. The first-order valence-electron chi connectivity index (χ1n) is 10.5. The van der Waals surface area contributed by atoms with Crippen LogP contribution in [0.25, 0.3) is 10.2 Å². The van der Waals surface area contributed by atoms with E-state index < -0.39 is 28.3 Å². The third-order valence-electron chi connectivity index (χ3n) is 5.15. The number of nitrogens with zero attached hydrogens (tertiary/aromatic N) is 2. The van der Waals surface area contributed by atoms with Crippen LogP contribution in [0.2, 0.25) is 0 Å². The number of fused-ring (bicyclic) bond motifs is 1. The summed E-state index contributed by atoms with van der Waals surface area (Å²) in [6, 6.07) is 17.9. The van der Waals surface area contributed by atoms with Crippen molar-refractivity contribution in [1.29, 1.82) is 0 Å². The Morgan fingerprint density at radius 1 is 1.06 bits per heavy atom. The van der Waals surface area contributed by atoms with Crippen LogP contribution in [-0.4, -0.2) is 25.4 Å². The Morgan fingerprint density at radius 3 is 2.41 bits per heavy atom. The van der Waals surface area contributed by atoms with Crippen LogP contribution >= 0.6 is 11.3 Å². The minimum absolute atomic E-state index is 0.0146. The van der Waals surface area contributed by atoms with E-state index in [-0.39, 0.29) is 21.5 Å². The van der Waals surface area contributed by atoms with E-state index in [0.717, 1.165) is 27.2 Å². The van der Waals surface area contributed by atoms with Crippen LogP contribution in [0.15, 0.2) is 82.5 Å². The SMILES string of the molecule is CC(C)n1c(=O)sc2cc(NC(=O)CN(c3ccccc3F)S(=O)(=O)c3ccccc3)ccc21. The number of thiazole rings is 1. The fraction of sp³-hybridized carbons (Fsp3) is 0.167. The smallest absolute Gasteiger partial charge is 0.308 e. The second-order valence-corrected chi connectivity index (χ2v) is 10.7. The lowest BCUT2D eigenvalue weighted by atomic mass is 10.2. The summed E-state index contributed by atoms with van der Waals surface area (Å²) in [6.07, 6.45) is 0. The molecule has 1 heterocycles. The second kappa shape index (κ2) is 9.40. The van der Waals surface area contributed by atoms with Crippen molar-refractivity contribution >= 4 is 48.9 Å². The van der Waals surface area contributed by atoms with Gasteiger partial charge in [-0.3, -0.25) is 18.5 Å². The molecule has 4 rings (SSSR count). The minimum atomic E-state index is -4.22. The summed E-state index contributed by atoms with van der Waals surface area (Å²) in [5.41, 5.74) is 0.923. The minimum Gasteiger partial charge on any atom is -0.324 e. The van der Waals surface area contributed by atoms with Gasteiger partial charge in [-0.2, -0.15) is 0 Å². The average molecular weight is 500 g/mol. The number of anilines is 2. The fourth-order valence-corrected chi connectivity index (χ4v) is 6.11. The molecule has 0 atom stereocenters. The highest BCUT2D eigenvalue weighted by molar-refractivity contribution is 7.92. The normalized spacial score (nSPS) is 11.6. The number of para-hydroxylation sites is 1. The van der Waals surface area contributed by atoms with E-state index >= 15 is 0 Å². The molecule has 0 radical (unpaired) electrons. The van der Waals surface area contributed by atoms with Crippen LogP contribution in [0, 0.1) is 5.82 Å². The van der Waals surface area contributed by atoms with E-state index in [4.69, 9.17) is 0 Å². The zero-order chi connectivity index (χ0) is 24.5.